The Morgan fingerprint density at radius 1 is 1.21 bits per heavy atom. The van der Waals surface area contributed by atoms with Gasteiger partial charge in [0.05, 0.1) is 10.2 Å². The van der Waals surface area contributed by atoms with Crippen LogP contribution in [0.15, 0.2) is 53.5 Å². The standard InChI is InChI=1S/C20H18N4O2S2/c1-12-7-9-13(10-8-12)21-17(25)11-16-18(26)24(2)20(28-16)23-19-22-14-5-3-4-6-15(14)27-19/h3-10,16H,11H2,1-2H3,(H,21,25). The first kappa shape index (κ1) is 18.6. The molecule has 8 heteroatoms. The van der Waals surface area contributed by atoms with Crippen LogP contribution in [0.3, 0.4) is 0 Å². The van der Waals surface area contributed by atoms with Gasteiger partial charge in [-0.05, 0) is 31.2 Å². The summed E-state index contributed by atoms with van der Waals surface area (Å²) in [6, 6.07) is 15.4. The van der Waals surface area contributed by atoms with Crippen LogP contribution >= 0.6 is 23.1 Å². The van der Waals surface area contributed by atoms with Crippen LogP contribution in [0.25, 0.3) is 10.2 Å². The number of thiazole rings is 1. The van der Waals surface area contributed by atoms with Gasteiger partial charge in [0.1, 0.15) is 5.25 Å². The van der Waals surface area contributed by atoms with Crippen LogP contribution < -0.4 is 5.32 Å². The van der Waals surface area contributed by atoms with E-state index < -0.39 is 5.25 Å². The molecule has 1 fully saturated rings. The van der Waals surface area contributed by atoms with E-state index in [-0.39, 0.29) is 18.2 Å². The van der Waals surface area contributed by atoms with E-state index in [1.807, 2.05) is 55.5 Å². The lowest BCUT2D eigenvalue weighted by Gasteiger charge is -2.09. The molecule has 6 nitrogen and oxygen atoms in total. The summed E-state index contributed by atoms with van der Waals surface area (Å²) >= 11 is 2.78. The molecule has 1 saturated heterocycles. The van der Waals surface area contributed by atoms with Crippen LogP contribution in [0.1, 0.15) is 12.0 Å². The summed E-state index contributed by atoms with van der Waals surface area (Å²) in [5, 5.41) is 3.53. The van der Waals surface area contributed by atoms with E-state index in [1.165, 1.54) is 28.0 Å². The van der Waals surface area contributed by atoms with Crippen molar-refractivity contribution >= 4 is 61.1 Å². The first-order valence-corrected chi connectivity index (χ1v) is 10.4. The van der Waals surface area contributed by atoms with Gasteiger partial charge in [-0.3, -0.25) is 14.5 Å². The van der Waals surface area contributed by atoms with E-state index >= 15 is 0 Å². The summed E-state index contributed by atoms with van der Waals surface area (Å²) in [6.45, 7) is 1.99. The number of carbonyl (C=O) groups is 2. The number of hydrogen-bond acceptors (Lipinski definition) is 6. The Hall–Kier alpha value is -2.71. The van der Waals surface area contributed by atoms with Crippen molar-refractivity contribution in [1.29, 1.82) is 0 Å². The molecule has 1 unspecified atom stereocenters. The zero-order valence-electron chi connectivity index (χ0n) is 15.4. The molecule has 0 aliphatic carbocycles. The quantitative estimate of drug-likeness (QED) is 0.700. The number of amidine groups is 1. The van der Waals surface area contributed by atoms with Crippen molar-refractivity contribution in [1.82, 2.24) is 9.88 Å². The van der Waals surface area contributed by atoms with E-state index in [2.05, 4.69) is 15.3 Å². The van der Waals surface area contributed by atoms with Gasteiger partial charge in [0.2, 0.25) is 16.9 Å². The van der Waals surface area contributed by atoms with Gasteiger partial charge in [-0.2, -0.15) is 4.99 Å². The first-order valence-electron chi connectivity index (χ1n) is 8.74. The molecule has 2 amide bonds. The zero-order valence-corrected chi connectivity index (χ0v) is 17.0. The lowest BCUT2D eigenvalue weighted by Crippen LogP contribution is -2.30. The Bertz CT molecular complexity index is 1040. The van der Waals surface area contributed by atoms with Crippen molar-refractivity contribution in [2.24, 2.45) is 4.99 Å². The first-order chi connectivity index (χ1) is 13.5. The van der Waals surface area contributed by atoms with Crippen molar-refractivity contribution in [2.45, 2.75) is 18.6 Å². The van der Waals surface area contributed by atoms with E-state index in [0.717, 1.165) is 21.5 Å². The Kier molecular flexibility index (Phi) is 5.15. The highest BCUT2D eigenvalue weighted by Gasteiger charge is 2.37. The minimum absolute atomic E-state index is 0.0978. The highest BCUT2D eigenvalue weighted by atomic mass is 32.2. The fraction of sp³-hybridized carbons (Fsp3) is 0.200. The van der Waals surface area contributed by atoms with Gasteiger partial charge in [-0.1, -0.05) is 52.9 Å². The Balaban J connectivity index is 1.45. The molecular weight excluding hydrogens is 392 g/mol. The molecule has 0 saturated carbocycles. The summed E-state index contributed by atoms with van der Waals surface area (Å²) in [5.74, 6) is -0.312. The van der Waals surface area contributed by atoms with E-state index in [4.69, 9.17) is 0 Å². The number of hydrogen-bond donors (Lipinski definition) is 1. The SMILES string of the molecule is Cc1ccc(NC(=O)CC2SC(=Nc3nc4ccccc4s3)N(C)C2=O)cc1. The van der Waals surface area contributed by atoms with Gasteiger partial charge in [-0.15, -0.1) is 0 Å². The molecule has 28 heavy (non-hydrogen) atoms. The number of rotatable bonds is 4. The number of aryl methyl sites for hydroxylation is 1. The number of para-hydroxylation sites is 1. The second-order valence-corrected chi connectivity index (χ2v) is 8.66. The van der Waals surface area contributed by atoms with Gasteiger partial charge in [0, 0.05) is 19.2 Å². The average molecular weight is 411 g/mol. The van der Waals surface area contributed by atoms with Crippen LogP contribution in [0.2, 0.25) is 0 Å². The topological polar surface area (TPSA) is 74.7 Å². The van der Waals surface area contributed by atoms with Crippen LogP contribution in [0.5, 0.6) is 0 Å². The second-order valence-electron chi connectivity index (χ2n) is 6.48. The Morgan fingerprint density at radius 2 is 1.96 bits per heavy atom. The molecule has 142 valence electrons. The summed E-state index contributed by atoms with van der Waals surface area (Å²) in [5.41, 5.74) is 2.73. The molecule has 0 bridgehead atoms. The third kappa shape index (κ3) is 3.93. The maximum Gasteiger partial charge on any atom is 0.242 e. The van der Waals surface area contributed by atoms with Crippen molar-refractivity contribution in [3.05, 3.63) is 54.1 Å². The van der Waals surface area contributed by atoms with Crippen molar-refractivity contribution in [3.63, 3.8) is 0 Å². The molecule has 2 aromatic carbocycles. The maximum absolute atomic E-state index is 12.5. The third-order valence-corrected chi connectivity index (χ3v) is 6.48. The minimum atomic E-state index is -0.483. The molecule has 1 N–H and O–H groups in total. The molecule has 1 aliphatic heterocycles. The molecule has 3 aromatic rings. The Labute approximate surface area is 170 Å². The number of thioether (sulfide) groups is 1. The number of benzene rings is 2. The van der Waals surface area contributed by atoms with Gasteiger partial charge in [0.15, 0.2) is 5.17 Å². The van der Waals surface area contributed by atoms with Gasteiger partial charge < -0.3 is 5.32 Å². The van der Waals surface area contributed by atoms with Crippen molar-refractivity contribution < 1.29 is 9.59 Å². The summed E-state index contributed by atoms with van der Waals surface area (Å²) in [4.78, 5) is 35.4. The molecule has 1 aromatic heterocycles. The number of fused-ring (bicyclic) bond motifs is 1. The monoisotopic (exact) mass is 410 g/mol. The number of carbonyl (C=O) groups excluding carboxylic acids is 2. The molecule has 2 heterocycles. The molecule has 1 aliphatic rings. The van der Waals surface area contributed by atoms with E-state index in [9.17, 15) is 9.59 Å². The smallest absolute Gasteiger partial charge is 0.242 e. The predicted molar refractivity (Wildman–Crippen MR) is 115 cm³/mol. The lowest BCUT2D eigenvalue weighted by atomic mass is 10.2. The number of anilines is 1. The maximum atomic E-state index is 12.5. The summed E-state index contributed by atoms with van der Waals surface area (Å²) in [7, 11) is 1.68. The van der Waals surface area contributed by atoms with Gasteiger partial charge in [0.25, 0.3) is 0 Å². The highest BCUT2D eigenvalue weighted by molar-refractivity contribution is 8.15. The van der Waals surface area contributed by atoms with Crippen LogP contribution in [0, 0.1) is 6.92 Å². The number of amides is 2. The zero-order chi connectivity index (χ0) is 19.7. The molecule has 0 radical (unpaired) electrons. The minimum Gasteiger partial charge on any atom is -0.326 e. The van der Waals surface area contributed by atoms with Gasteiger partial charge in [-0.25, -0.2) is 4.98 Å². The summed E-state index contributed by atoms with van der Waals surface area (Å²) < 4.78 is 1.05. The fourth-order valence-corrected chi connectivity index (χ4v) is 4.84. The number of aromatic nitrogens is 1. The van der Waals surface area contributed by atoms with Crippen LogP contribution in [0.4, 0.5) is 10.8 Å². The van der Waals surface area contributed by atoms with Gasteiger partial charge >= 0.3 is 0 Å². The third-order valence-electron chi connectivity index (χ3n) is 4.32. The van der Waals surface area contributed by atoms with Crippen LogP contribution in [-0.4, -0.2) is 39.2 Å². The predicted octanol–water partition coefficient (Wildman–Crippen LogP) is 4.19. The number of nitrogens with one attached hydrogen (secondary N) is 1. The molecular formula is C20H18N4O2S2. The second kappa shape index (κ2) is 7.73. The molecule has 0 spiro atoms. The highest BCUT2D eigenvalue weighted by Crippen LogP contribution is 2.33. The van der Waals surface area contributed by atoms with E-state index in [0.29, 0.717) is 10.3 Å². The number of nitrogens with zero attached hydrogens (tertiary/aromatic N) is 3. The Morgan fingerprint density at radius 3 is 2.71 bits per heavy atom. The lowest BCUT2D eigenvalue weighted by molar-refractivity contribution is -0.127. The molecule has 4 rings (SSSR count). The van der Waals surface area contributed by atoms with E-state index in [1.54, 1.807) is 7.05 Å². The molecule has 1 atom stereocenters. The summed E-state index contributed by atoms with van der Waals surface area (Å²) in [6.07, 6.45) is 0.0978. The average Bonchev–Trinajstić information content (AvgIpc) is 3.20. The van der Waals surface area contributed by atoms with Crippen LogP contribution in [-0.2, 0) is 9.59 Å². The van der Waals surface area contributed by atoms with Crippen molar-refractivity contribution in [2.75, 3.05) is 12.4 Å². The normalized spacial score (nSPS) is 18.2. The number of aliphatic imine (C=N–C) groups is 1. The largest absolute Gasteiger partial charge is 0.326 e. The fourth-order valence-electron chi connectivity index (χ4n) is 2.80. The van der Waals surface area contributed by atoms with Crippen molar-refractivity contribution in [3.8, 4) is 0 Å².